The Bertz CT molecular complexity index is 609. The third kappa shape index (κ3) is 3.62. The Kier molecular flexibility index (Phi) is 4.65. The fraction of sp³-hybridized carbons (Fsp3) is 0.400. The van der Waals surface area contributed by atoms with E-state index in [9.17, 15) is 4.79 Å². The first-order valence-corrected chi connectivity index (χ1v) is 7.19. The molecule has 0 spiro atoms. The van der Waals surface area contributed by atoms with Crippen LogP contribution in [0.25, 0.3) is 11.5 Å². The Balaban J connectivity index is 1.58. The van der Waals surface area contributed by atoms with Gasteiger partial charge in [0.15, 0.2) is 5.76 Å². The van der Waals surface area contributed by atoms with Gasteiger partial charge in [-0.1, -0.05) is 0 Å². The first-order valence-electron chi connectivity index (χ1n) is 7.19. The van der Waals surface area contributed by atoms with E-state index in [1.54, 1.807) is 30.8 Å². The van der Waals surface area contributed by atoms with Gasteiger partial charge in [-0.25, -0.2) is 9.78 Å². The monoisotopic (exact) mass is 303 g/mol. The Labute approximate surface area is 127 Å². The molecule has 0 saturated carbocycles. The summed E-state index contributed by atoms with van der Waals surface area (Å²) < 4.78 is 15.9. The number of carbonyl (C=O) groups is 1. The topological polar surface area (TPSA) is 86.5 Å². The Morgan fingerprint density at radius 1 is 1.32 bits per heavy atom. The lowest BCUT2D eigenvalue weighted by Gasteiger charge is -2.22. The first kappa shape index (κ1) is 14.5. The zero-order valence-electron chi connectivity index (χ0n) is 12.0. The maximum atomic E-state index is 11.8. The van der Waals surface area contributed by atoms with Crippen molar-refractivity contribution >= 4 is 6.09 Å². The Morgan fingerprint density at radius 2 is 2.14 bits per heavy atom. The largest absolute Gasteiger partial charge is 0.463 e. The molecule has 0 atom stereocenters. The molecule has 1 aliphatic heterocycles. The molecule has 116 valence electrons. The molecular formula is C15H17N3O4. The van der Waals surface area contributed by atoms with Crippen molar-refractivity contribution in [3.63, 3.8) is 0 Å². The normalized spacial score (nSPS) is 15.5. The van der Waals surface area contributed by atoms with Crippen molar-refractivity contribution in [1.29, 1.82) is 0 Å². The summed E-state index contributed by atoms with van der Waals surface area (Å²) in [6.07, 6.45) is 5.66. The van der Waals surface area contributed by atoms with Gasteiger partial charge in [0.1, 0.15) is 11.8 Å². The first-order chi connectivity index (χ1) is 10.8. The number of carbonyl (C=O) groups excluding carboxylic acids is 1. The molecule has 7 nitrogen and oxygen atoms in total. The lowest BCUT2D eigenvalue weighted by atomic mass is 10.2. The van der Waals surface area contributed by atoms with E-state index in [2.05, 4.69) is 15.3 Å². The van der Waals surface area contributed by atoms with Gasteiger partial charge in [0, 0.05) is 25.2 Å². The molecule has 1 N–H and O–H groups in total. The molecule has 0 aromatic carbocycles. The number of nitrogens with zero attached hydrogens (tertiary/aromatic N) is 2. The van der Waals surface area contributed by atoms with Gasteiger partial charge < -0.3 is 19.2 Å². The summed E-state index contributed by atoms with van der Waals surface area (Å²) in [5.74, 6) is 0.614. The molecule has 1 amide bonds. The number of aromatic nitrogens is 2. The number of ether oxygens (including phenoxy) is 2. The van der Waals surface area contributed by atoms with Crippen molar-refractivity contribution in [3.05, 3.63) is 36.5 Å². The van der Waals surface area contributed by atoms with E-state index in [0.717, 1.165) is 12.8 Å². The second kappa shape index (κ2) is 7.04. The number of rotatable bonds is 4. The van der Waals surface area contributed by atoms with E-state index in [4.69, 9.17) is 13.9 Å². The van der Waals surface area contributed by atoms with Gasteiger partial charge in [-0.15, -0.1) is 0 Å². The SMILES string of the molecule is O=C(NCc1nccnc1-c1ccco1)OC1CCOCC1. The van der Waals surface area contributed by atoms with Gasteiger partial charge in [0.25, 0.3) is 0 Å². The molecule has 1 aliphatic rings. The summed E-state index contributed by atoms with van der Waals surface area (Å²) in [6, 6.07) is 3.58. The quantitative estimate of drug-likeness (QED) is 0.931. The minimum absolute atomic E-state index is 0.0832. The highest BCUT2D eigenvalue weighted by atomic mass is 16.6. The van der Waals surface area contributed by atoms with Crippen LogP contribution >= 0.6 is 0 Å². The van der Waals surface area contributed by atoms with Crippen LogP contribution in [0.15, 0.2) is 35.2 Å². The number of alkyl carbamates (subject to hydrolysis) is 1. The van der Waals surface area contributed by atoms with Crippen LogP contribution in [0.3, 0.4) is 0 Å². The minimum atomic E-state index is -0.456. The summed E-state index contributed by atoms with van der Waals surface area (Å²) in [4.78, 5) is 20.3. The highest BCUT2D eigenvalue weighted by Crippen LogP contribution is 2.19. The lowest BCUT2D eigenvalue weighted by molar-refractivity contribution is 0.00149. The molecule has 3 heterocycles. The Hall–Kier alpha value is -2.41. The molecule has 7 heteroatoms. The van der Waals surface area contributed by atoms with E-state index in [-0.39, 0.29) is 12.6 Å². The zero-order chi connectivity index (χ0) is 15.2. The van der Waals surface area contributed by atoms with Gasteiger partial charge >= 0.3 is 6.09 Å². The summed E-state index contributed by atoms with van der Waals surface area (Å²) in [6.45, 7) is 1.49. The molecule has 22 heavy (non-hydrogen) atoms. The maximum Gasteiger partial charge on any atom is 0.407 e. The average molecular weight is 303 g/mol. The van der Waals surface area contributed by atoms with Crippen molar-refractivity contribution in [2.75, 3.05) is 13.2 Å². The second-order valence-electron chi connectivity index (χ2n) is 4.90. The second-order valence-corrected chi connectivity index (χ2v) is 4.90. The fourth-order valence-corrected chi connectivity index (χ4v) is 2.26. The molecule has 0 aliphatic carbocycles. The van der Waals surface area contributed by atoms with Crippen LogP contribution in [-0.2, 0) is 16.0 Å². The highest BCUT2D eigenvalue weighted by Gasteiger charge is 2.18. The molecule has 2 aromatic heterocycles. The van der Waals surface area contributed by atoms with Gasteiger partial charge in [0.2, 0.25) is 0 Å². The summed E-state index contributed by atoms with van der Waals surface area (Å²) in [7, 11) is 0. The number of nitrogens with one attached hydrogen (secondary N) is 1. The van der Waals surface area contributed by atoms with Crippen LogP contribution in [0.2, 0.25) is 0 Å². The number of amides is 1. The molecule has 0 bridgehead atoms. The molecule has 1 fully saturated rings. The Morgan fingerprint density at radius 3 is 2.91 bits per heavy atom. The summed E-state index contributed by atoms with van der Waals surface area (Å²) in [5, 5.41) is 2.70. The number of hydrogen-bond donors (Lipinski definition) is 1. The van der Waals surface area contributed by atoms with Crippen LogP contribution in [0.5, 0.6) is 0 Å². The predicted molar refractivity (Wildman–Crippen MR) is 76.9 cm³/mol. The van der Waals surface area contributed by atoms with E-state index in [1.807, 2.05) is 0 Å². The predicted octanol–water partition coefficient (Wildman–Crippen LogP) is 2.14. The standard InChI is InChI=1S/C15H17N3O4/c19-15(22-11-3-8-20-9-4-11)18-10-12-14(17-6-5-16-12)13-2-1-7-21-13/h1-2,5-7,11H,3-4,8-10H2,(H,18,19). The molecule has 2 aromatic rings. The number of furan rings is 1. The van der Waals surface area contributed by atoms with Crippen molar-refractivity contribution in [1.82, 2.24) is 15.3 Å². The van der Waals surface area contributed by atoms with Gasteiger partial charge in [-0.05, 0) is 12.1 Å². The van der Waals surface area contributed by atoms with Gasteiger partial charge in [-0.3, -0.25) is 4.98 Å². The van der Waals surface area contributed by atoms with E-state index < -0.39 is 6.09 Å². The molecule has 1 saturated heterocycles. The smallest absolute Gasteiger partial charge is 0.407 e. The van der Waals surface area contributed by atoms with Crippen molar-refractivity contribution in [3.8, 4) is 11.5 Å². The summed E-state index contributed by atoms with van der Waals surface area (Å²) >= 11 is 0. The molecule has 0 unspecified atom stereocenters. The van der Waals surface area contributed by atoms with Crippen LogP contribution < -0.4 is 5.32 Å². The van der Waals surface area contributed by atoms with Gasteiger partial charge in [-0.2, -0.15) is 0 Å². The molecular weight excluding hydrogens is 286 g/mol. The van der Waals surface area contributed by atoms with Crippen LogP contribution in [0.4, 0.5) is 4.79 Å². The highest BCUT2D eigenvalue weighted by molar-refractivity contribution is 5.67. The average Bonchev–Trinajstić information content (AvgIpc) is 3.08. The third-order valence-corrected chi connectivity index (χ3v) is 3.37. The minimum Gasteiger partial charge on any atom is -0.463 e. The zero-order valence-corrected chi connectivity index (χ0v) is 12.0. The van der Waals surface area contributed by atoms with Crippen molar-refractivity contribution < 1.29 is 18.7 Å². The van der Waals surface area contributed by atoms with Crippen molar-refractivity contribution in [2.24, 2.45) is 0 Å². The summed E-state index contributed by atoms with van der Waals surface area (Å²) in [5.41, 5.74) is 1.24. The fourth-order valence-electron chi connectivity index (χ4n) is 2.26. The van der Waals surface area contributed by atoms with E-state index in [1.165, 1.54) is 0 Å². The van der Waals surface area contributed by atoms with Gasteiger partial charge in [0.05, 0.1) is 31.7 Å². The van der Waals surface area contributed by atoms with E-state index in [0.29, 0.717) is 30.4 Å². The van der Waals surface area contributed by atoms with E-state index >= 15 is 0 Å². The maximum absolute atomic E-state index is 11.8. The van der Waals surface area contributed by atoms with Crippen LogP contribution in [-0.4, -0.2) is 35.4 Å². The third-order valence-electron chi connectivity index (χ3n) is 3.37. The van der Waals surface area contributed by atoms with Crippen LogP contribution in [0, 0.1) is 0 Å². The number of hydrogen-bond acceptors (Lipinski definition) is 6. The van der Waals surface area contributed by atoms with Crippen LogP contribution in [0.1, 0.15) is 18.5 Å². The lowest BCUT2D eigenvalue weighted by Crippen LogP contribution is -2.32. The molecule has 3 rings (SSSR count). The molecule has 0 radical (unpaired) electrons. The van der Waals surface area contributed by atoms with Crippen molar-refractivity contribution in [2.45, 2.75) is 25.5 Å².